The summed E-state index contributed by atoms with van der Waals surface area (Å²) in [7, 11) is -20.6. The Bertz CT molecular complexity index is 2360. The first-order valence-electron chi connectivity index (χ1n) is 13.7. The summed E-state index contributed by atoms with van der Waals surface area (Å²) in [4.78, 5) is 20.5. The maximum absolute atomic E-state index is 12.2. The van der Waals surface area contributed by atoms with Crippen LogP contribution in [0, 0.1) is 0 Å². The third-order valence-corrected chi connectivity index (χ3v) is 10.3. The second-order valence-corrected chi connectivity index (χ2v) is 15.7. The molecule has 2 heterocycles. The Morgan fingerprint density at radius 2 is 0.893 bits per heavy atom. The maximum atomic E-state index is 12.2. The molecule has 0 atom stereocenters. The molecule has 4 aromatic rings. The van der Waals surface area contributed by atoms with Gasteiger partial charge in [-0.15, -0.1) is 0 Å². The minimum atomic E-state index is -5.24. The fourth-order valence-electron chi connectivity index (χ4n) is 4.18. The first-order valence-corrected chi connectivity index (χ1v) is 20.0. The van der Waals surface area contributed by atoms with Gasteiger partial charge in [0, 0.05) is 24.5 Å². The molecular formula is C24H20Cl2N10Na4O12S4. The van der Waals surface area contributed by atoms with E-state index < -0.39 is 85.0 Å². The predicted molar refractivity (Wildman–Crippen MR) is 179 cm³/mol. The van der Waals surface area contributed by atoms with Gasteiger partial charge in [0.25, 0.3) is 0 Å². The van der Waals surface area contributed by atoms with Crippen LogP contribution in [0.5, 0.6) is 0 Å². The van der Waals surface area contributed by atoms with Crippen LogP contribution in [0.1, 0.15) is 25.0 Å². The van der Waals surface area contributed by atoms with Gasteiger partial charge in [0.05, 0.1) is 9.79 Å². The Morgan fingerprint density at radius 1 is 0.571 bits per heavy atom. The Kier molecular flexibility index (Phi) is 22.3. The summed E-state index contributed by atoms with van der Waals surface area (Å²) in [5, 5.41) is 3.93. The Balaban J connectivity index is 0.00000756. The zero-order valence-electron chi connectivity index (χ0n) is 29.9. The van der Waals surface area contributed by atoms with E-state index in [4.69, 9.17) is 23.2 Å². The van der Waals surface area contributed by atoms with Crippen LogP contribution in [-0.2, 0) is 40.8 Å². The van der Waals surface area contributed by atoms with Crippen molar-refractivity contribution in [2.75, 3.05) is 32.3 Å². The van der Waals surface area contributed by atoms with Crippen LogP contribution < -0.4 is 137 Å². The van der Waals surface area contributed by atoms with E-state index in [1.807, 2.05) is 0 Å². The SMILES string of the molecule is CCN(c1nc(Cl)nc(Nc2ccc(C=Cc3ccc(Nc4nc(Cl)nc(N(CC)S(=O)(=O)[O-])n4)cc3S(=O)(=O)[O-])c(S(=O)(=O)[O-])c2)n1)S(=O)(=O)[O-].[Na+].[Na+].[Na+].[Na+]. The van der Waals surface area contributed by atoms with E-state index in [2.05, 4.69) is 40.5 Å². The summed E-state index contributed by atoms with van der Waals surface area (Å²) in [5.74, 6) is -2.19. The van der Waals surface area contributed by atoms with Crippen LogP contribution in [-0.4, -0.2) is 94.9 Å². The van der Waals surface area contributed by atoms with Crippen LogP contribution >= 0.6 is 23.2 Å². The number of nitrogens with zero attached hydrogens (tertiary/aromatic N) is 8. The van der Waals surface area contributed by atoms with Gasteiger partial charge >= 0.3 is 118 Å². The van der Waals surface area contributed by atoms with Crippen molar-refractivity contribution in [1.29, 1.82) is 0 Å². The van der Waals surface area contributed by atoms with Gasteiger partial charge in [0.1, 0.15) is 20.2 Å². The molecule has 0 unspecified atom stereocenters. The average molecular weight is 932 g/mol. The Labute approximate surface area is 419 Å². The van der Waals surface area contributed by atoms with Crippen molar-refractivity contribution >= 4 is 111 Å². The average Bonchev–Trinajstić information content (AvgIpc) is 2.98. The minimum absolute atomic E-state index is 0. The first-order chi connectivity index (χ1) is 24.0. The molecule has 32 heteroatoms. The molecule has 56 heavy (non-hydrogen) atoms. The van der Waals surface area contributed by atoms with Crippen molar-refractivity contribution < 1.29 is 170 Å². The van der Waals surface area contributed by atoms with Crippen molar-refractivity contribution in [3.05, 3.63) is 58.1 Å². The summed E-state index contributed by atoms with van der Waals surface area (Å²) < 4.78 is 143. The number of aromatic nitrogens is 6. The van der Waals surface area contributed by atoms with E-state index in [0.29, 0.717) is 0 Å². The fourth-order valence-corrected chi connectivity index (χ4v) is 7.08. The molecule has 0 bridgehead atoms. The van der Waals surface area contributed by atoms with E-state index in [1.54, 1.807) is 0 Å². The molecule has 0 saturated carbocycles. The van der Waals surface area contributed by atoms with Gasteiger partial charge in [0.2, 0.25) is 34.4 Å². The van der Waals surface area contributed by atoms with Gasteiger partial charge in [-0.1, -0.05) is 24.3 Å². The minimum Gasteiger partial charge on any atom is -0.744 e. The topological polar surface area (TPSA) is 337 Å². The van der Waals surface area contributed by atoms with E-state index in [1.165, 1.54) is 26.0 Å². The number of hydrogen-bond acceptors (Lipinski definition) is 20. The van der Waals surface area contributed by atoms with Crippen LogP contribution in [0.4, 0.5) is 35.2 Å². The van der Waals surface area contributed by atoms with Crippen molar-refractivity contribution in [3.8, 4) is 0 Å². The number of nitrogens with one attached hydrogen (secondary N) is 2. The molecule has 0 spiro atoms. The summed E-state index contributed by atoms with van der Waals surface area (Å²) >= 11 is 11.7. The number of benzene rings is 2. The number of rotatable bonds is 14. The zero-order chi connectivity index (χ0) is 38.8. The normalized spacial score (nSPS) is 11.6. The monoisotopic (exact) mass is 930 g/mol. The van der Waals surface area contributed by atoms with Crippen LogP contribution in [0.2, 0.25) is 10.6 Å². The Hall–Kier alpha value is -0.380. The van der Waals surface area contributed by atoms with E-state index in [0.717, 1.165) is 36.4 Å². The first kappa shape index (κ1) is 55.6. The Morgan fingerprint density at radius 3 is 1.16 bits per heavy atom. The van der Waals surface area contributed by atoms with E-state index in [9.17, 15) is 51.9 Å². The largest absolute Gasteiger partial charge is 1.00 e. The summed E-state index contributed by atoms with van der Waals surface area (Å²) in [6.07, 6.45) is 2.03. The molecule has 0 saturated heterocycles. The molecule has 2 N–H and O–H groups in total. The van der Waals surface area contributed by atoms with Crippen LogP contribution in [0.3, 0.4) is 0 Å². The molecule has 0 fully saturated rings. The van der Waals surface area contributed by atoms with Crippen molar-refractivity contribution in [3.63, 3.8) is 0 Å². The van der Waals surface area contributed by atoms with Crippen molar-refractivity contribution in [2.24, 2.45) is 0 Å². The molecule has 0 aliphatic carbocycles. The standard InChI is InChI=1S/C24H24Cl2N10O12S4.4Na/c1-3-35(51(43,44)45)23-31-19(25)29-21(33-23)27-15-9-7-13(17(11-15)49(37,38)39)5-6-14-8-10-16(12-18(14)50(40,41)42)28-22-30-20(26)32-24(34-22)36(4-2)52(46,47)48;;;;/h5-12H,3-4H2,1-2H3,(H,37,38,39)(H,40,41,42)(H,43,44,45)(H,46,47,48)(H,27,29,31,33)(H,28,30,32,34);;;;/q;4*+1/p-4. The summed E-state index contributed by atoms with van der Waals surface area (Å²) in [6.45, 7) is 1.89. The maximum Gasteiger partial charge on any atom is 1.00 e. The summed E-state index contributed by atoms with van der Waals surface area (Å²) in [6, 6.07) is 6.34. The van der Waals surface area contributed by atoms with Gasteiger partial charge in [-0.2, -0.15) is 29.9 Å². The molecule has 22 nitrogen and oxygen atoms in total. The van der Waals surface area contributed by atoms with Gasteiger partial charge < -0.3 is 28.8 Å². The second kappa shape index (κ2) is 22.5. The van der Waals surface area contributed by atoms with Gasteiger partial charge in [0.15, 0.2) is 20.6 Å². The molecule has 0 amide bonds. The third-order valence-electron chi connectivity index (χ3n) is 6.27. The molecule has 4 rings (SSSR count). The van der Waals surface area contributed by atoms with Gasteiger partial charge in [-0.25, -0.2) is 42.3 Å². The van der Waals surface area contributed by atoms with Crippen LogP contribution in [0.15, 0.2) is 46.2 Å². The molecule has 2 aromatic heterocycles. The quantitative estimate of drug-likeness (QED) is 0.0673. The fraction of sp³-hybridized carbons (Fsp3) is 0.167. The molecule has 280 valence electrons. The van der Waals surface area contributed by atoms with E-state index in [-0.39, 0.29) is 162 Å². The third kappa shape index (κ3) is 15.3. The van der Waals surface area contributed by atoms with Gasteiger partial charge in [-0.05, 0) is 72.4 Å². The summed E-state index contributed by atoms with van der Waals surface area (Å²) in [5.41, 5.74) is -0.825. The molecule has 0 aliphatic rings. The van der Waals surface area contributed by atoms with Crippen molar-refractivity contribution in [2.45, 2.75) is 23.6 Å². The zero-order valence-corrected chi connectivity index (χ0v) is 42.7. The molecule has 0 aliphatic heterocycles. The number of hydrogen-bond donors (Lipinski definition) is 2. The number of halogens is 2. The molecule has 0 radical (unpaired) electrons. The predicted octanol–water partition coefficient (Wildman–Crippen LogP) is -10.6. The van der Waals surface area contributed by atoms with Gasteiger partial charge in [-0.3, -0.25) is 0 Å². The van der Waals surface area contributed by atoms with E-state index >= 15 is 0 Å². The smallest absolute Gasteiger partial charge is 0.744 e. The number of anilines is 6. The molecule has 2 aromatic carbocycles. The van der Waals surface area contributed by atoms with Crippen molar-refractivity contribution in [1.82, 2.24) is 29.9 Å². The van der Waals surface area contributed by atoms with Crippen LogP contribution in [0.25, 0.3) is 12.2 Å². The molecular weight excluding hydrogens is 911 g/mol. The second-order valence-electron chi connectivity index (χ2n) is 9.70.